The predicted octanol–water partition coefficient (Wildman–Crippen LogP) is -0.197. The van der Waals surface area contributed by atoms with E-state index in [-0.39, 0.29) is 11.8 Å². The van der Waals surface area contributed by atoms with Gasteiger partial charge in [-0.3, -0.25) is 15.5 Å². The molecule has 1 aliphatic rings. The van der Waals surface area contributed by atoms with Crippen LogP contribution in [0.5, 0.6) is 0 Å². The number of ketones is 1. The lowest BCUT2D eigenvalue weighted by Gasteiger charge is -2.40. The summed E-state index contributed by atoms with van der Waals surface area (Å²) in [5.74, 6) is 5.88. The molecule has 5 heteroatoms. The molecule has 1 fully saturated rings. The van der Waals surface area contributed by atoms with Gasteiger partial charge < -0.3 is 4.79 Å². The average molecular weight is 227 g/mol. The summed E-state index contributed by atoms with van der Waals surface area (Å²) in [4.78, 5) is 24.3. The summed E-state index contributed by atoms with van der Waals surface area (Å²) >= 11 is 0. The molecular formula is C11H21N3O2. The molecule has 1 saturated heterocycles. The summed E-state index contributed by atoms with van der Waals surface area (Å²) < 4.78 is 0. The van der Waals surface area contributed by atoms with Crippen molar-refractivity contribution in [3.05, 3.63) is 0 Å². The van der Waals surface area contributed by atoms with E-state index in [9.17, 15) is 9.59 Å². The predicted molar refractivity (Wildman–Crippen MR) is 61.7 cm³/mol. The first kappa shape index (κ1) is 13.3. The molecule has 0 aliphatic carbocycles. The number of carbonyl (C=O) groups is 2. The smallest absolute Gasteiger partial charge is 0.153 e. The Kier molecular flexibility index (Phi) is 5.05. The van der Waals surface area contributed by atoms with Crippen LogP contribution in [0.15, 0.2) is 0 Å². The van der Waals surface area contributed by atoms with Gasteiger partial charge in [-0.15, -0.1) is 0 Å². The van der Waals surface area contributed by atoms with Gasteiger partial charge in [0.25, 0.3) is 0 Å². The van der Waals surface area contributed by atoms with E-state index >= 15 is 0 Å². The molecule has 0 aromatic carbocycles. The first-order chi connectivity index (χ1) is 7.56. The standard InChI is InChI=1S/C11H21N3O2/c1-9(2)13-5-6-14(12)10(8-13)11(16)4-3-7-15/h7,9-10H,3-6,8,12H2,1-2H3. The van der Waals surface area contributed by atoms with Crippen LogP contribution in [-0.2, 0) is 9.59 Å². The quantitative estimate of drug-likeness (QED) is 0.520. The number of nitrogens with zero attached hydrogens (tertiary/aromatic N) is 2. The van der Waals surface area contributed by atoms with Crippen molar-refractivity contribution in [1.82, 2.24) is 9.91 Å². The van der Waals surface area contributed by atoms with Crippen molar-refractivity contribution in [1.29, 1.82) is 0 Å². The van der Waals surface area contributed by atoms with Gasteiger partial charge in [0, 0.05) is 38.5 Å². The summed E-state index contributed by atoms with van der Waals surface area (Å²) in [5.41, 5.74) is 0. The van der Waals surface area contributed by atoms with Crippen molar-refractivity contribution < 1.29 is 9.59 Å². The third kappa shape index (κ3) is 3.37. The van der Waals surface area contributed by atoms with Crippen molar-refractivity contribution in [3.63, 3.8) is 0 Å². The van der Waals surface area contributed by atoms with Crippen LogP contribution in [0, 0.1) is 0 Å². The van der Waals surface area contributed by atoms with Crippen molar-refractivity contribution >= 4 is 12.1 Å². The Balaban J connectivity index is 2.55. The molecule has 1 aliphatic heterocycles. The molecule has 16 heavy (non-hydrogen) atoms. The first-order valence-electron chi connectivity index (χ1n) is 5.78. The van der Waals surface area contributed by atoms with Crippen LogP contribution in [0.1, 0.15) is 26.7 Å². The Morgan fingerprint density at radius 2 is 2.19 bits per heavy atom. The Labute approximate surface area is 96.5 Å². The monoisotopic (exact) mass is 227 g/mol. The number of hydrazine groups is 1. The highest BCUT2D eigenvalue weighted by Crippen LogP contribution is 2.11. The van der Waals surface area contributed by atoms with Crippen LogP contribution in [-0.4, -0.2) is 53.7 Å². The molecule has 1 heterocycles. The second-order valence-electron chi connectivity index (χ2n) is 4.51. The number of rotatable bonds is 5. The fourth-order valence-electron chi connectivity index (χ4n) is 1.94. The minimum atomic E-state index is -0.254. The molecule has 0 spiro atoms. The molecule has 0 radical (unpaired) electrons. The third-order valence-corrected chi connectivity index (χ3v) is 3.06. The Hall–Kier alpha value is -0.780. The maximum absolute atomic E-state index is 11.8. The van der Waals surface area contributed by atoms with Gasteiger partial charge in [0.05, 0.1) is 6.04 Å². The van der Waals surface area contributed by atoms with Gasteiger partial charge in [-0.2, -0.15) is 0 Å². The minimum Gasteiger partial charge on any atom is -0.303 e. The second-order valence-corrected chi connectivity index (χ2v) is 4.51. The minimum absolute atomic E-state index is 0.0694. The van der Waals surface area contributed by atoms with Crippen molar-refractivity contribution in [2.75, 3.05) is 19.6 Å². The summed E-state index contributed by atoms with van der Waals surface area (Å²) in [6.07, 6.45) is 1.38. The number of aldehydes is 1. The lowest BCUT2D eigenvalue weighted by Crippen LogP contribution is -2.60. The number of hydrogen-bond acceptors (Lipinski definition) is 5. The fraction of sp³-hybridized carbons (Fsp3) is 0.818. The largest absolute Gasteiger partial charge is 0.303 e. The van der Waals surface area contributed by atoms with Crippen molar-refractivity contribution in [3.8, 4) is 0 Å². The second kappa shape index (κ2) is 6.08. The Morgan fingerprint density at radius 1 is 1.50 bits per heavy atom. The molecular weight excluding hydrogens is 206 g/mol. The van der Waals surface area contributed by atoms with Crippen LogP contribution in [0.4, 0.5) is 0 Å². The number of carbonyl (C=O) groups excluding carboxylic acids is 2. The van der Waals surface area contributed by atoms with Gasteiger partial charge in [-0.1, -0.05) is 0 Å². The van der Waals surface area contributed by atoms with Crippen LogP contribution in [0.2, 0.25) is 0 Å². The van der Waals surface area contributed by atoms with E-state index in [4.69, 9.17) is 5.84 Å². The summed E-state index contributed by atoms with van der Waals surface area (Å²) in [6.45, 7) is 6.49. The molecule has 0 aromatic heterocycles. The van der Waals surface area contributed by atoms with E-state index in [1.165, 1.54) is 0 Å². The molecule has 0 saturated carbocycles. The van der Waals surface area contributed by atoms with Gasteiger partial charge in [0.2, 0.25) is 0 Å². The summed E-state index contributed by atoms with van der Waals surface area (Å²) in [6, 6.07) is 0.172. The molecule has 0 aromatic rings. The molecule has 1 rings (SSSR count). The van der Waals surface area contributed by atoms with Gasteiger partial charge in [-0.05, 0) is 13.8 Å². The molecule has 1 unspecified atom stereocenters. The van der Waals surface area contributed by atoms with E-state index in [2.05, 4.69) is 18.7 Å². The van der Waals surface area contributed by atoms with Crippen molar-refractivity contribution in [2.45, 2.75) is 38.8 Å². The normalized spacial score (nSPS) is 23.6. The number of nitrogens with two attached hydrogens (primary N) is 1. The average Bonchev–Trinajstić information content (AvgIpc) is 2.26. The van der Waals surface area contributed by atoms with E-state index in [1.54, 1.807) is 5.01 Å². The van der Waals surface area contributed by atoms with Crippen LogP contribution >= 0.6 is 0 Å². The van der Waals surface area contributed by atoms with E-state index in [0.717, 1.165) is 12.8 Å². The highest BCUT2D eigenvalue weighted by Gasteiger charge is 2.30. The van der Waals surface area contributed by atoms with Crippen LogP contribution in [0.3, 0.4) is 0 Å². The summed E-state index contributed by atoms with van der Waals surface area (Å²) in [5, 5.41) is 1.60. The highest BCUT2D eigenvalue weighted by atomic mass is 16.1. The van der Waals surface area contributed by atoms with Gasteiger partial charge in [0.15, 0.2) is 5.78 Å². The van der Waals surface area contributed by atoms with E-state index in [1.807, 2.05) is 0 Å². The van der Waals surface area contributed by atoms with Gasteiger partial charge in [0.1, 0.15) is 6.29 Å². The molecule has 0 amide bonds. The highest BCUT2D eigenvalue weighted by molar-refractivity contribution is 5.85. The zero-order chi connectivity index (χ0) is 12.1. The van der Waals surface area contributed by atoms with Crippen molar-refractivity contribution in [2.24, 2.45) is 5.84 Å². The molecule has 2 N–H and O–H groups in total. The lowest BCUT2D eigenvalue weighted by molar-refractivity contribution is -0.128. The number of piperazine rings is 1. The number of Topliss-reactive ketones (excluding diaryl/α,β-unsaturated/α-hetero) is 1. The van der Waals surface area contributed by atoms with E-state index in [0.29, 0.717) is 32.0 Å². The molecule has 1 atom stereocenters. The van der Waals surface area contributed by atoms with Gasteiger partial charge in [-0.25, -0.2) is 5.01 Å². The molecule has 92 valence electrons. The topological polar surface area (TPSA) is 66.6 Å². The Bertz CT molecular complexity index is 256. The zero-order valence-electron chi connectivity index (χ0n) is 10.1. The fourth-order valence-corrected chi connectivity index (χ4v) is 1.94. The molecule has 0 bridgehead atoms. The maximum atomic E-state index is 11.8. The molecule has 5 nitrogen and oxygen atoms in total. The Morgan fingerprint density at radius 3 is 2.75 bits per heavy atom. The van der Waals surface area contributed by atoms with E-state index < -0.39 is 0 Å². The third-order valence-electron chi connectivity index (χ3n) is 3.06. The van der Waals surface area contributed by atoms with Crippen LogP contribution in [0.25, 0.3) is 0 Å². The lowest BCUT2D eigenvalue weighted by atomic mass is 10.0. The first-order valence-corrected chi connectivity index (χ1v) is 5.78. The SMILES string of the molecule is CC(C)N1CCN(N)C(C(=O)CCC=O)C1. The number of hydrogen-bond donors (Lipinski definition) is 1. The summed E-state index contributed by atoms with van der Waals surface area (Å²) in [7, 11) is 0. The van der Waals surface area contributed by atoms with Gasteiger partial charge >= 0.3 is 0 Å². The van der Waals surface area contributed by atoms with Crippen LogP contribution < -0.4 is 5.84 Å². The zero-order valence-corrected chi connectivity index (χ0v) is 10.1. The maximum Gasteiger partial charge on any atom is 0.153 e.